The van der Waals surface area contributed by atoms with Crippen molar-refractivity contribution < 1.29 is 9.18 Å². The smallest absolute Gasteiger partial charge is 0.251 e. The number of amides is 1. The van der Waals surface area contributed by atoms with E-state index in [0.717, 1.165) is 24.0 Å². The molecule has 2 aliphatic rings. The lowest BCUT2D eigenvalue weighted by Crippen LogP contribution is -2.23. The molecule has 0 bridgehead atoms. The van der Waals surface area contributed by atoms with E-state index >= 15 is 0 Å². The molecule has 1 atom stereocenters. The zero-order chi connectivity index (χ0) is 18.3. The highest BCUT2D eigenvalue weighted by molar-refractivity contribution is 5.82. The quantitative estimate of drug-likeness (QED) is 0.886. The van der Waals surface area contributed by atoms with Gasteiger partial charge in [0.15, 0.2) is 0 Å². The molecule has 26 heavy (non-hydrogen) atoms. The molecule has 1 unspecified atom stereocenters. The monoisotopic (exact) mass is 352 g/mol. The largest absolute Gasteiger partial charge is 0.350 e. The van der Waals surface area contributed by atoms with Gasteiger partial charge in [-0.2, -0.15) is 0 Å². The number of nitrogens with one attached hydrogen (secondary N) is 2. The Morgan fingerprint density at radius 3 is 2.58 bits per heavy atom. The normalized spacial score (nSPS) is 20.3. The van der Waals surface area contributed by atoms with Crippen LogP contribution in [0.15, 0.2) is 41.2 Å². The Bertz CT molecular complexity index is 957. The minimum atomic E-state index is -0.291. The van der Waals surface area contributed by atoms with Gasteiger partial charge in [-0.1, -0.05) is 24.3 Å². The molecule has 1 aliphatic heterocycles. The zero-order valence-electron chi connectivity index (χ0n) is 14.6. The standard InChI is InChI=1S/C21H21FN2O2/c1-12-2-3-14(10-18(12)22)17(11-15-6-9-20(25)23-15)19-8-7-16(13-4-5-13)21(26)24-19/h2-3,7-8,10-11,13,15H,4-6,9H2,1H3,(H,23,25)(H,24,26)/b17-11+. The number of benzene rings is 1. The first-order valence-corrected chi connectivity index (χ1v) is 9.02. The molecular weight excluding hydrogens is 331 g/mol. The highest BCUT2D eigenvalue weighted by Gasteiger charge is 2.26. The third-order valence-corrected chi connectivity index (χ3v) is 5.13. The van der Waals surface area contributed by atoms with Gasteiger partial charge in [0.2, 0.25) is 5.91 Å². The van der Waals surface area contributed by atoms with E-state index in [-0.39, 0.29) is 23.3 Å². The summed E-state index contributed by atoms with van der Waals surface area (Å²) in [5.74, 6) is 0.0882. The molecule has 2 aromatic rings. The van der Waals surface area contributed by atoms with Crippen LogP contribution in [-0.4, -0.2) is 16.9 Å². The number of hydrogen-bond acceptors (Lipinski definition) is 2. The molecule has 1 aromatic heterocycles. The molecule has 0 spiro atoms. The van der Waals surface area contributed by atoms with Crippen molar-refractivity contribution in [2.24, 2.45) is 0 Å². The average Bonchev–Trinajstić information content (AvgIpc) is 3.37. The SMILES string of the molecule is Cc1ccc(/C(=C\C2CCC(=O)N2)c2ccc(C3CC3)c(=O)[nH]2)cc1F. The number of aromatic nitrogens is 1. The summed E-state index contributed by atoms with van der Waals surface area (Å²) in [5.41, 5.74) is 3.36. The summed E-state index contributed by atoms with van der Waals surface area (Å²) in [6.45, 7) is 1.71. The minimum absolute atomic E-state index is 0.0123. The summed E-state index contributed by atoms with van der Waals surface area (Å²) in [6.07, 6.45) is 5.21. The number of hydrogen-bond donors (Lipinski definition) is 2. The van der Waals surface area contributed by atoms with Crippen LogP contribution in [0.3, 0.4) is 0 Å². The highest BCUT2D eigenvalue weighted by atomic mass is 19.1. The average molecular weight is 352 g/mol. The number of rotatable bonds is 4. The molecule has 1 aliphatic carbocycles. The Morgan fingerprint density at radius 1 is 1.15 bits per heavy atom. The first-order chi connectivity index (χ1) is 12.5. The van der Waals surface area contributed by atoms with Gasteiger partial charge < -0.3 is 10.3 Å². The number of H-pyrrole nitrogens is 1. The van der Waals surface area contributed by atoms with Crippen molar-refractivity contribution in [3.05, 3.63) is 75.0 Å². The molecular formula is C21H21FN2O2. The van der Waals surface area contributed by atoms with E-state index in [1.165, 1.54) is 6.07 Å². The van der Waals surface area contributed by atoms with Gasteiger partial charge in [0.1, 0.15) is 5.82 Å². The van der Waals surface area contributed by atoms with Crippen molar-refractivity contribution in [2.45, 2.75) is 44.6 Å². The van der Waals surface area contributed by atoms with E-state index in [4.69, 9.17) is 0 Å². The van der Waals surface area contributed by atoms with E-state index in [1.807, 2.05) is 24.3 Å². The van der Waals surface area contributed by atoms with Crippen LogP contribution in [0, 0.1) is 12.7 Å². The number of aromatic amines is 1. The van der Waals surface area contributed by atoms with Gasteiger partial charge in [0.05, 0.1) is 0 Å². The molecule has 1 saturated carbocycles. The Labute approximate surface area is 151 Å². The number of pyridine rings is 1. The van der Waals surface area contributed by atoms with Gasteiger partial charge in [-0.25, -0.2) is 4.39 Å². The van der Waals surface area contributed by atoms with E-state index in [1.54, 1.807) is 13.0 Å². The van der Waals surface area contributed by atoms with Gasteiger partial charge in [-0.3, -0.25) is 9.59 Å². The summed E-state index contributed by atoms with van der Waals surface area (Å²) < 4.78 is 14.1. The molecule has 1 saturated heterocycles. The number of aryl methyl sites for hydroxylation is 1. The fourth-order valence-corrected chi connectivity index (χ4v) is 3.42. The highest BCUT2D eigenvalue weighted by Crippen LogP contribution is 2.38. The topological polar surface area (TPSA) is 62.0 Å². The Hall–Kier alpha value is -2.69. The van der Waals surface area contributed by atoms with Crippen LogP contribution in [0.5, 0.6) is 0 Å². The zero-order valence-corrected chi connectivity index (χ0v) is 14.6. The fraction of sp³-hybridized carbons (Fsp3) is 0.333. The maximum atomic E-state index is 14.1. The van der Waals surface area contributed by atoms with Crippen molar-refractivity contribution >= 4 is 11.5 Å². The third kappa shape index (κ3) is 3.34. The van der Waals surface area contributed by atoms with E-state index in [9.17, 15) is 14.0 Å². The molecule has 4 nitrogen and oxygen atoms in total. The van der Waals surface area contributed by atoms with E-state index < -0.39 is 0 Å². The maximum Gasteiger partial charge on any atom is 0.251 e. The van der Waals surface area contributed by atoms with Crippen molar-refractivity contribution in [1.29, 1.82) is 0 Å². The van der Waals surface area contributed by atoms with Crippen LogP contribution in [-0.2, 0) is 4.79 Å². The number of carbonyl (C=O) groups excluding carboxylic acids is 1. The van der Waals surface area contributed by atoms with Crippen LogP contribution >= 0.6 is 0 Å². The number of carbonyl (C=O) groups is 1. The molecule has 0 radical (unpaired) electrons. The van der Waals surface area contributed by atoms with Gasteiger partial charge in [-0.05, 0) is 55.4 Å². The maximum absolute atomic E-state index is 14.1. The van der Waals surface area contributed by atoms with Gasteiger partial charge in [0, 0.05) is 29.3 Å². The third-order valence-electron chi connectivity index (χ3n) is 5.13. The van der Waals surface area contributed by atoms with Crippen LogP contribution < -0.4 is 10.9 Å². The summed E-state index contributed by atoms with van der Waals surface area (Å²) in [6, 6.07) is 8.68. The van der Waals surface area contributed by atoms with Crippen molar-refractivity contribution in [2.75, 3.05) is 0 Å². The fourth-order valence-electron chi connectivity index (χ4n) is 3.42. The molecule has 5 heteroatoms. The lowest BCUT2D eigenvalue weighted by Gasteiger charge is -2.13. The summed E-state index contributed by atoms with van der Waals surface area (Å²) in [5, 5.41) is 2.90. The molecule has 4 rings (SSSR count). The van der Waals surface area contributed by atoms with Gasteiger partial charge in [0.25, 0.3) is 5.56 Å². The van der Waals surface area contributed by atoms with Crippen molar-refractivity contribution in [1.82, 2.24) is 10.3 Å². The van der Waals surface area contributed by atoms with Crippen LogP contribution in [0.4, 0.5) is 4.39 Å². The predicted octanol–water partition coefficient (Wildman–Crippen LogP) is 3.41. The lowest BCUT2D eigenvalue weighted by atomic mass is 9.97. The first kappa shape index (κ1) is 16.8. The minimum Gasteiger partial charge on any atom is -0.350 e. The number of halogens is 1. The second-order valence-electron chi connectivity index (χ2n) is 7.19. The summed E-state index contributed by atoms with van der Waals surface area (Å²) in [7, 11) is 0. The second-order valence-corrected chi connectivity index (χ2v) is 7.19. The van der Waals surface area contributed by atoms with Crippen LogP contribution in [0.25, 0.3) is 5.57 Å². The molecule has 2 N–H and O–H groups in total. The van der Waals surface area contributed by atoms with Crippen molar-refractivity contribution in [3.8, 4) is 0 Å². The molecule has 134 valence electrons. The van der Waals surface area contributed by atoms with Crippen LogP contribution in [0.2, 0.25) is 0 Å². The Morgan fingerprint density at radius 2 is 1.96 bits per heavy atom. The first-order valence-electron chi connectivity index (χ1n) is 9.02. The Kier molecular flexibility index (Phi) is 4.23. The van der Waals surface area contributed by atoms with E-state index in [0.29, 0.717) is 35.6 Å². The summed E-state index contributed by atoms with van der Waals surface area (Å²) in [4.78, 5) is 26.9. The molecule has 2 fully saturated rings. The second kappa shape index (κ2) is 6.56. The Balaban J connectivity index is 1.78. The molecule has 1 amide bonds. The van der Waals surface area contributed by atoms with Crippen LogP contribution in [0.1, 0.15) is 54.0 Å². The molecule has 1 aromatic carbocycles. The predicted molar refractivity (Wildman–Crippen MR) is 98.4 cm³/mol. The van der Waals surface area contributed by atoms with E-state index in [2.05, 4.69) is 10.3 Å². The summed E-state index contributed by atoms with van der Waals surface area (Å²) >= 11 is 0. The van der Waals surface area contributed by atoms with Gasteiger partial charge in [-0.15, -0.1) is 0 Å². The van der Waals surface area contributed by atoms with Gasteiger partial charge >= 0.3 is 0 Å². The lowest BCUT2D eigenvalue weighted by molar-refractivity contribution is -0.119. The van der Waals surface area contributed by atoms with Crippen molar-refractivity contribution in [3.63, 3.8) is 0 Å². The molecule has 2 heterocycles.